The van der Waals surface area contributed by atoms with Gasteiger partial charge >= 0.3 is 0 Å². The average Bonchev–Trinajstić information content (AvgIpc) is 3.03. The van der Waals surface area contributed by atoms with Crippen LogP contribution in [0.1, 0.15) is 23.2 Å². The van der Waals surface area contributed by atoms with Crippen LogP contribution in [0.4, 0.5) is 5.82 Å². The number of ether oxygens (including phenoxy) is 1. The Kier molecular flexibility index (Phi) is 4.15. The van der Waals surface area contributed by atoms with Crippen LogP contribution in [0.2, 0.25) is 0 Å². The molecule has 0 N–H and O–H groups in total. The van der Waals surface area contributed by atoms with Crippen LogP contribution in [0.5, 0.6) is 5.75 Å². The first kappa shape index (κ1) is 13.6. The number of hydrogen-bond donors (Lipinski definition) is 0. The summed E-state index contributed by atoms with van der Waals surface area (Å²) in [5, 5.41) is 0. The van der Waals surface area contributed by atoms with Gasteiger partial charge in [0.1, 0.15) is 24.5 Å². The molecule has 2 heterocycles. The van der Waals surface area contributed by atoms with E-state index >= 15 is 0 Å². The average molecular weight is 282 g/mol. The Morgan fingerprint density at radius 3 is 2.81 bits per heavy atom. The van der Waals surface area contributed by atoms with Crippen molar-refractivity contribution in [1.82, 2.24) is 4.98 Å². The number of benzene rings is 1. The van der Waals surface area contributed by atoms with Crippen LogP contribution in [0.15, 0.2) is 48.7 Å². The summed E-state index contributed by atoms with van der Waals surface area (Å²) in [5.74, 6) is 1.81. The lowest BCUT2D eigenvalue weighted by Crippen LogP contribution is -2.34. The number of hydrogen-bond acceptors (Lipinski definition) is 4. The fourth-order valence-electron chi connectivity index (χ4n) is 2.67. The Balaban J connectivity index is 1.62. The third-order valence-electron chi connectivity index (χ3n) is 3.78. The first-order valence-electron chi connectivity index (χ1n) is 7.22. The minimum Gasteiger partial charge on any atom is -0.491 e. The van der Waals surface area contributed by atoms with Crippen molar-refractivity contribution in [2.75, 3.05) is 18.1 Å². The molecule has 1 aromatic heterocycles. The number of carbonyl (C=O) groups excluding carboxylic acids is 1. The molecular formula is C17H18N2O2. The van der Waals surface area contributed by atoms with Crippen LogP contribution in [-0.4, -0.2) is 30.5 Å². The molecule has 1 aromatic carbocycles. The van der Waals surface area contributed by atoms with Gasteiger partial charge in [-0.05, 0) is 49.2 Å². The fraction of sp³-hybridized carbons (Fsp3) is 0.294. The SMILES string of the molecule is O=Cc1ccc(OCC2CCCN2c2ccccn2)cc1. The molecule has 1 atom stereocenters. The van der Waals surface area contributed by atoms with Gasteiger partial charge in [-0.15, -0.1) is 0 Å². The maximum absolute atomic E-state index is 10.6. The molecule has 1 aliphatic rings. The third kappa shape index (κ3) is 3.21. The number of nitrogens with zero attached hydrogens (tertiary/aromatic N) is 2. The van der Waals surface area contributed by atoms with Crippen molar-refractivity contribution in [3.63, 3.8) is 0 Å². The topological polar surface area (TPSA) is 42.4 Å². The van der Waals surface area contributed by atoms with Crippen LogP contribution in [-0.2, 0) is 0 Å². The number of aldehydes is 1. The zero-order valence-electron chi connectivity index (χ0n) is 11.8. The van der Waals surface area contributed by atoms with E-state index in [1.54, 1.807) is 12.1 Å². The predicted molar refractivity (Wildman–Crippen MR) is 81.9 cm³/mol. The fourth-order valence-corrected chi connectivity index (χ4v) is 2.67. The molecule has 108 valence electrons. The zero-order valence-corrected chi connectivity index (χ0v) is 11.8. The lowest BCUT2D eigenvalue weighted by Gasteiger charge is -2.25. The highest BCUT2D eigenvalue weighted by atomic mass is 16.5. The molecule has 21 heavy (non-hydrogen) atoms. The van der Waals surface area contributed by atoms with E-state index in [-0.39, 0.29) is 0 Å². The van der Waals surface area contributed by atoms with E-state index in [2.05, 4.69) is 9.88 Å². The summed E-state index contributed by atoms with van der Waals surface area (Å²) in [5.41, 5.74) is 0.665. The standard InChI is InChI=1S/C17H18N2O2/c20-12-14-6-8-16(9-7-14)21-13-15-4-3-11-19(15)17-5-1-2-10-18-17/h1-2,5-10,12,15H,3-4,11,13H2. The first-order chi connectivity index (χ1) is 10.4. The van der Waals surface area contributed by atoms with Gasteiger partial charge in [-0.2, -0.15) is 0 Å². The van der Waals surface area contributed by atoms with Crippen LogP contribution in [0, 0.1) is 0 Å². The second-order valence-electron chi connectivity index (χ2n) is 5.18. The van der Waals surface area contributed by atoms with Crippen molar-refractivity contribution in [1.29, 1.82) is 0 Å². The second kappa shape index (κ2) is 6.39. The molecule has 2 aromatic rings. The maximum Gasteiger partial charge on any atom is 0.150 e. The summed E-state index contributed by atoms with van der Waals surface area (Å²) in [6.07, 6.45) is 4.94. The Morgan fingerprint density at radius 1 is 1.24 bits per heavy atom. The van der Waals surface area contributed by atoms with E-state index in [0.29, 0.717) is 18.2 Å². The molecular weight excluding hydrogens is 264 g/mol. The molecule has 0 bridgehead atoms. The summed E-state index contributed by atoms with van der Waals surface area (Å²) >= 11 is 0. The van der Waals surface area contributed by atoms with E-state index in [1.165, 1.54) is 0 Å². The van der Waals surface area contributed by atoms with Gasteiger partial charge < -0.3 is 9.64 Å². The molecule has 0 aliphatic carbocycles. The van der Waals surface area contributed by atoms with Gasteiger partial charge in [-0.25, -0.2) is 4.98 Å². The van der Waals surface area contributed by atoms with E-state index < -0.39 is 0 Å². The molecule has 0 spiro atoms. The highest BCUT2D eigenvalue weighted by Gasteiger charge is 2.25. The lowest BCUT2D eigenvalue weighted by atomic mass is 10.2. The minimum absolute atomic E-state index is 0.352. The van der Waals surface area contributed by atoms with E-state index in [1.807, 2.05) is 36.5 Å². The minimum atomic E-state index is 0.352. The summed E-state index contributed by atoms with van der Waals surface area (Å²) in [4.78, 5) is 17.4. The Labute approximate surface area is 124 Å². The lowest BCUT2D eigenvalue weighted by molar-refractivity contribution is 0.112. The van der Waals surface area contributed by atoms with Gasteiger partial charge in [0.2, 0.25) is 0 Å². The largest absolute Gasteiger partial charge is 0.491 e. The van der Waals surface area contributed by atoms with E-state index in [0.717, 1.165) is 37.2 Å². The monoisotopic (exact) mass is 282 g/mol. The smallest absolute Gasteiger partial charge is 0.150 e. The maximum atomic E-state index is 10.6. The summed E-state index contributed by atoms with van der Waals surface area (Å²) < 4.78 is 5.86. The molecule has 0 radical (unpaired) electrons. The van der Waals surface area contributed by atoms with Crippen molar-refractivity contribution < 1.29 is 9.53 Å². The molecule has 0 amide bonds. The molecule has 4 heteroatoms. The van der Waals surface area contributed by atoms with Gasteiger partial charge in [0.05, 0.1) is 6.04 Å². The first-order valence-corrected chi connectivity index (χ1v) is 7.22. The van der Waals surface area contributed by atoms with Crippen LogP contribution in [0.25, 0.3) is 0 Å². The van der Waals surface area contributed by atoms with Crippen molar-refractivity contribution in [3.05, 3.63) is 54.2 Å². The second-order valence-corrected chi connectivity index (χ2v) is 5.18. The van der Waals surface area contributed by atoms with Gasteiger partial charge in [0.25, 0.3) is 0 Å². The normalized spacial score (nSPS) is 17.7. The Bertz CT molecular complexity index is 583. The van der Waals surface area contributed by atoms with Crippen molar-refractivity contribution in [2.45, 2.75) is 18.9 Å². The number of pyridine rings is 1. The molecule has 0 saturated carbocycles. The molecule has 1 fully saturated rings. The predicted octanol–water partition coefficient (Wildman–Crippen LogP) is 2.94. The third-order valence-corrected chi connectivity index (χ3v) is 3.78. The van der Waals surface area contributed by atoms with Gasteiger partial charge in [-0.1, -0.05) is 6.07 Å². The highest BCUT2D eigenvalue weighted by molar-refractivity contribution is 5.74. The van der Waals surface area contributed by atoms with Crippen LogP contribution >= 0.6 is 0 Å². The molecule has 3 rings (SSSR count). The van der Waals surface area contributed by atoms with E-state index in [9.17, 15) is 4.79 Å². The highest BCUT2D eigenvalue weighted by Crippen LogP contribution is 2.24. The summed E-state index contributed by atoms with van der Waals surface area (Å²) in [6.45, 7) is 1.66. The summed E-state index contributed by atoms with van der Waals surface area (Å²) in [6, 6.07) is 13.5. The number of rotatable bonds is 5. The quantitative estimate of drug-likeness (QED) is 0.791. The molecule has 1 unspecified atom stereocenters. The van der Waals surface area contributed by atoms with Crippen molar-refractivity contribution in [3.8, 4) is 5.75 Å². The molecule has 4 nitrogen and oxygen atoms in total. The zero-order chi connectivity index (χ0) is 14.5. The Hall–Kier alpha value is -2.36. The number of anilines is 1. The molecule has 1 saturated heterocycles. The number of carbonyl (C=O) groups is 1. The van der Waals surface area contributed by atoms with Crippen molar-refractivity contribution >= 4 is 12.1 Å². The summed E-state index contributed by atoms with van der Waals surface area (Å²) in [7, 11) is 0. The Morgan fingerprint density at radius 2 is 2.10 bits per heavy atom. The van der Waals surface area contributed by atoms with Crippen LogP contribution < -0.4 is 9.64 Å². The van der Waals surface area contributed by atoms with Gasteiger partial charge in [-0.3, -0.25) is 4.79 Å². The van der Waals surface area contributed by atoms with Gasteiger partial charge in [0, 0.05) is 18.3 Å². The van der Waals surface area contributed by atoms with Crippen molar-refractivity contribution in [2.24, 2.45) is 0 Å². The van der Waals surface area contributed by atoms with Crippen LogP contribution in [0.3, 0.4) is 0 Å². The van der Waals surface area contributed by atoms with Gasteiger partial charge in [0.15, 0.2) is 0 Å². The van der Waals surface area contributed by atoms with E-state index in [4.69, 9.17) is 4.74 Å². The molecule has 1 aliphatic heterocycles. The number of aromatic nitrogens is 1.